The first kappa shape index (κ1) is 17.9. The van der Waals surface area contributed by atoms with E-state index in [0.29, 0.717) is 37.6 Å². The van der Waals surface area contributed by atoms with Crippen molar-refractivity contribution >= 4 is 5.91 Å². The molecule has 2 aliphatic rings. The van der Waals surface area contributed by atoms with Crippen molar-refractivity contribution in [3.05, 3.63) is 41.1 Å². The molecular formula is C20H24N2O5. The molecule has 1 fully saturated rings. The van der Waals surface area contributed by atoms with Gasteiger partial charge in [0.1, 0.15) is 23.0 Å². The number of nitrogens with zero attached hydrogens (tertiary/aromatic N) is 2. The molecule has 1 atom stereocenters. The van der Waals surface area contributed by atoms with E-state index in [-0.39, 0.29) is 18.2 Å². The molecule has 3 heterocycles. The van der Waals surface area contributed by atoms with Gasteiger partial charge >= 0.3 is 0 Å². The lowest BCUT2D eigenvalue weighted by Crippen LogP contribution is -2.36. The molecule has 144 valence electrons. The standard InChI is InChI=1S/C20H24N2O5/c1-24-15-4-3-13(18(10-15)25-2)9-19(23)22-7-5-17-16(11-22)21-20(27-17)14-6-8-26-12-14/h3-4,10,14H,5-9,11-12H2,1-2H3. The van der Waals surface area contributed by atoms with Crippen LogP contribution in [-0.4, -0.2) is 49.8 Å². The lowest BCUT2D eigenvalue weighted by molar-refractivity contribution is -0.131. The van der Waals surface area contributed by atoms with Gasteiger partial charge in [0, 0.05) is 31.2 Å². The van der Waals surface area contributed by atoms with Gasteiger partial charge in [-0.15, -0.1) is 0 Å². The number of carbonyl (C=O) groups is 1. The Balaban J connectivity index is 1.45. The second kappa shape index (κ2) is 7.60. The first-order chi connectivity index (χ1) is 13.2. The second-order valence-electron chi connectivity index (χ2n) is 6.90. The van der Waals surface area contributed by atoms with Gasteiger partial charge in [-0.1, -0.05) is 6.07 Å². The molecule has 0 spiro atoms. The highest BCUT2D eigenvalue weighted by Crippen LogP contribution is 2.30. The first-order valence-electron chi connectivity index (χ1n) is 9.23. The molecule has 1 amide bonds. The number of aromatic nitrogens is 1. The monoisotopic (exact) mass is 372 g/mol. The molecule has 0 saturated carbocycles. The average Bonchev–Trinajstić information content (AvgIpc) is 3.36. The normalized spacial score (nSPS) is 19.0. The van der Waals surface area contributed by atoms with Gasteiger partial charge in [0.15, 0.2) is 5.89 Å². The summed E-state index contributed by atoms with van der Waals surface area (Å²) in [7, 11) is 3.20. The molecule has 1 aromatic heterocycles. The molecule has 1 unspecified atom stereocenters. The van der Waals surface area contributed by atoms with Crippen molar-refractivity contribution in [2.24, 2.45) is 0 Å². The van der Waals surface area contributed by atoms with Crippen molar-refractivity contribution in [2.45, 2.75) is 31.7 Å². The van der Waals surface area contributed by atoms with Gasteiger partial charge in [-0.25, -0.2) is 4.98 Å². The van der Waals surface area contributed by atoms with E-state index in [2.05, 4.69) is 4.98 Å². The minimum atomic E-state index is 0.0536. The van der Waals surface area contributed by atoms with Crippen LogP contribution in [-0.2, 0) is 28.9 Å². The maximum atomic E-state index is 12.8. The molecule has 7 nitrogen and oxygen atoms in total. The van der Waals surface area contributed by atoms with Gasteiger partial charge in [0.2, 0.25) is 5.91 Å². The fraction of sp³-hybridized carbons (Fsp3) is 0.500. The summed E-state index contributed by atoms with van der Waals surface area (Å²) in [6, 6.07) is 5.51. The molecule has 1 saturated heterocycles. The van der Waals surface area contributed by atoms with Crippen molar-refractivity contribution in [2.75, 3.05) is 34.0 Å². The van der Waals surface area contributed by atoms with Crippen molar-refractivity contribution in [3.8, 4) is 11.5 Å². The number of rotatable bonds is 5. The zero-order valence-electron chi connectivity index (χ0n) is 15.7. The molecule has 1 aromatic carbocycles. The predicted molar refractivity (Wildman–Crippen MR) is 97.1 cm³/mol. The van der Waals surface area contributed by atoms with Crippen LogP contribution < -0.4 is 9.47 Å². The maximum absolute atomic E-state index is 12.8. The molecule has 7 heteroatoms. The van der Waals surface area contributed by atoms with E-state index in [9.17, 15) is 4.79 Å². The molecule has 2 aromatic rings. The first-order valence-corrected chi connectivity index (χ1v) is 9.23. The highest BCUT2D eigenvalue weighted by atomic mass is 16.5. The fourth-order valence-corrected chi connectivity index (χ4v) is 3.61. The van der Waals surface area contributed by atoms with Crippen molar-refractivity contribution in [1.29, 1.82) is 0 Å². The number of ether oxygens (including phenoxy) is 3. The van der Waals surface area contributed by atoms with Gasteiger partial charge in [-0.05, 0) is 12.5 Å². The van der Waals surface area contributed by atoms with Crippen LogP contribution in [0, 0.1) is 0 Å². The summed E-state index contributed by atoms with van der Waals surface area (Å²) in [5.74, 6) is 3.31. The molecule has 2 aliphatic heterocycles. The third kappa shape index (κ3) is 3.64. The lowest BCUT2D eigenvalue weighted by atomic mass is 10.1. The topological polar surface area (TPSA) is 74.0 Å². The van der Waals surface area contributed by atoms with Crippen molar-refractivity contribution < 1.29 is 23.4 Å². The van der Waals surface area contributed by atoms with Crippen LogP contribution in [0.4, 0.5) is 0 Å². The van der Waals surface area contributed by atoms with E-state index in [1.807, 2.05) is 17.0 Å². The molecule has 0 N–H and O–H groups in total. The van der Waals surface area contributed by atoms with Crippen LogP contribution in [0.25, 0.3) is 0 Å². The largest absolute Gasteiger partial charge is 0.497 e. The summed E-state index contributed by atoms with van der Waals surface area (Å²) >= 11 is 0. The van der Waals surface area contributed by atoms with Crippen LogP contribution >= 0.6 is 0 Å². The van der Waals surface area contributed by atoms with Gasteiger partial charge in [0.05, 0.1) is 39.7 Å². The number of hydrogen-bond donors (Lipinski definition) is 0. The van der Waals surface area contributed by atoms with Crippen LogP contribution in [0.1, 0.15) is 35.2 Å². The van der Waals surface area contributed by atoms with Crippen molar-refractivity contribution in [3.63, 3.8) is 0 Å². The molecule has 0 aliphatic carbocycles. The van der Waals surface area contributed by atoms with Crippen LogP contribution in [0.5, 0.6) is 11.5 Å². The Morgan fingerprint density at radius 1 is 1.33 bits per heavy atom. The number of hydrogen-bond acceptors (Lipinski definition) is 6. The fourth-order valence-electron chi connectivity index (χ4n) is 3.61. The molecular weight excluding hydrogens is 348 g/mol. The van der Waals surface area contributed by atoms with Gasteiger partial charge in [-0.3, -0.25) is 4.79 Å². The number of oxazole rings is 1. The Morgan fingerprint density at radius 2 is 2.22 bits per heavy atom. The van der Waals surface area contributed by atoms with E-state index in [1.165, 1.54) is 0 Å². The van der Waals surface area contributed by atoms with E-state index in [4.69, 9.17) is 18.6 Å². The quantitative estimate of drug-likeness (QED) is 0.802. The minimum Gasteiger partial charge on any atom is -0.497 e. The highest BCUT2D eigenvalue weighted by molar-refractivity contribution is 5.79. The Bertz CT molecular complexity index is 826. The molecule has 0 radical (unpaired) electrons. The van der Waals surface area contributed by atoms with E-state index < -0.39 is 0 Å². The van der Waals surface area contributed by atoms with E-state index in [1.54, 1.807) is 20.3 Å². The summed E-state index contributed by atoms with van der Waals surface area (Å²) < 4.78 is 22.0. The average molecular weight is 372 g/mol. The number of carbonyl (C=O) groups excluding carboxylic acids is 1. The smallest absolute Gasteiger partial charge is 0.227 e. The number of fused-ring (bicyclic) bond motifs is 1. The highest BCUT2D eigenvalue weighted by Gasteiger charge is 2.29. The third-order valence-electron chi connectivity index (χ3n) is 5.21. The predicted octanol–water partition coefficient (Wildman–Crippen LogP) is 2.32. The van der Waals surface area contributed by atoms with Gasteiger partial charge < -0.3 is 23.5 Å². The minimum absolute atomic E-state index is 0.0536. The zero-order valence-corrected chi connectivity index (χ0v) is 15.7. The SMILES string of the molecule is COc1ccc(CC(=O)N2CCc3oc(C4CCOC4)nc3C2)c(OC)c1. The lowest BCUT2D eigenvalue weighted by Gasteiger charge is -2.25. The molecule has 4 rings (SSSR count). The number of benzene rings is 1. The van der Waals surface area contributed by atoms with Gasteiger partial charge in [0.25, 0.3) is 0 Å². The van der Waals surface area contributed by atoms with E-state index >= 15 is 0 Å². The Labute approximate surface area is 158 Å². The summed E-state index contributed by atoms with van der Waals surface area (Å²) in [4.78, 5) is 19.3. The zero-order chi connectivity index (χ0) is 18.8. The summed E-state index contributed by atoms with van der Waals surface area (Å²) in [6.07, 6.45) is 1.92. The van der Waals surface area contributed by atoms with E-state index in [0.717, 1.165) is 35.9 Å². The Hall–Kier alpha value is -2.54. The number of methoxy groups -OCH3 is 2. The van der Waals surface area contributed by atoms with Crippen molar-refractivity contribution in [1.82, 2.24) is 9.88 Å². The van der Waals surface area contributed by atoms with Crippen LogP contribution in [0.15, 0.2) is 22.6 Å². The summed E-state index contributed by atoms with van der Waals surface area (Å²) in [5, 5.41) is 0. The summed E-state index contributed by atoms with van der Waals surface area (Å²) in [5.41, 5.74) is 1.72. The maximum Gasteiger partial charge on any atom is 0.227 e. The Morgan fingerprint density at radius 3 is 2.96 bits per heavy atom. The second-order valence-corrected chi connectivity index (χ2v) is 6.90. The molecule has 27 heavy (non-hydrogen) atoms. The van der Waals surface area contributed by atoms with Gasteiger partial charge in [-0.2, -0.15) is 0 Å². The van der Waals surface area contributed by atoms with Crippen LogP contribution in [0.2, 0.25) is 0 Å². The van der Waals surface area contributed by atoms with Crippen LogP contribution in [0.3, 0.4) is 0 Å². The third-order valence-corrected chi connectivity index (χ3v) is 5.21. The Kier molecular flexibility index (Phi) is 5.03. The molecule has 0 bridgehead atoms. The summed E-state index contributed by atoms with van der Waals surface area (Å²) in [6.45, 7) is 2.55. The number of amides is 1.